The van der Waals surface area contributed by atoms with Gasteiger partial charge in [-0.15, -0.1) is 0 Å². The van der Waals surface area contributed by atoms with E-state index in [9.17, 15) is 32.3 Å². The van der Waals surface area contributed by atoms with Gasteiger partial charge in [0.2, 0.25) is 11.8 Å². The highest BCUT2D eigenvalue weighted by atomic mass is 35.5. The third kappa shape index (κ3) is 8.44. The molecule has 0 saturated carbocycles. The Hall–Kier alpha value is -4.88. The van der Waals surface area contributed by atoms with Gasteiger partial charge in [0, 0.05) is 71.6 Å². The lowest BCUT2D eigenvalue weighted by Crippen LogP contribution is -2.47. The lowest BCUT2D eigenvalue weighted by atomic mass is 9.87. The zero-order chi connectivity index (χ0) is 39.7. The molecule has 0 radical (unpaired) electrons. The molecule has 0 aliphatic carbocycles. The van der Waals surface area contributed by atoms with E-state index in [1.165, 1.54) is 12.1 Å². The normalized spacial score (nSPS) is 19.0. The quantitative estimate of drug-likeness (QED) is 0.168. The maximum atomic E-state index is 14.3. The van der Waals surface area contributed by atoms with Crippen LogP contribution in [0.15, 0.2) is 65.6 Å². The summed E-state index contributed by atoms with van der Waals surface area (Å²) in [5.41, 5.74) is 2.00. The summed E-state index contributed by atoms with van der Waals surface area (Å²) in [6.07, 6.45) is 0.926. The Morgan fingerprint density at radius 1 is 0.946 bits per heavy atom. The molecule has 0 bridgehead atoms. The molecule has 2 N–H and O–H groups in total. The number of aromatic nitrogens is 1. The minimum absolute atomic E-state index is 0.0474. The summed E-state index contributed by atoms with van der Waals surface area (Å²) < 4.78 is 50.2. The number of amides is 2. The predicted molar refractivity (Wildman–Crippen MR) is 210 cm³/mol. The van der Waals surface area contributed by atoms with Crippen molar-refractivity contribution < 1.29 is 32.3 Å². The highest BCUT2D eigenvalue weighted by Gasteiger charge is 2.37. The van der Waals surface area contributed by atoms with Gasteiger partial charge in [-0.1, -0.05) is 29.8 Å². The van der Waals surface area contributed by atoms with Crippen molar-refractivity contribution in [2.75, 3.05) is 50.1 Å². The summed E-state index contributed by atoms with van der Waals surface area (Å²) in [6.45, 7) is 2.47. The fourth-order valence-corrected chi connectivity index (χ4v) is 8.67. The molecule has 3 fully saturated rings. The number of imide groups is 1. The third-order valence-corrected chi connectivity index (χ3v) is 11.9. The van der Waals surface area contributed by atoms with Crippen molar-refractivity contribution in [3.8, 4) is 16.9 Å². The first-order valence-corrected chi connectivity index (χ1v) is 19.4. The predicted octanol–water partition coefficient (Wildman–Crippen LogP) is 6.84. The monoisotopic (exact) mass is 791 g/mol. The van der Waals surface area contributed by atoms with Gasteiger partial charge >= 0.3 is 6.18 Å². The molecule has 7 rings (SSSR count). The Labute approximate surface area is 327 Å². The number of nitrogens with one attached hydrogen (secondary N) is 2. The van der Waals surface area contributed by atoms with Crippen LogP contribution in [0.3, 0.4) is 0 Å². The number of hydrogen-bond donors (Lipinski definition) is 2. The molecule has 56 heavy (non-hydrogen) atoms. The van der Waals surface area contributed by atoms with Crippen LogP contribution >= 0.6 is 11.6 Å². The molecule has 1 atom stereocenters. The summed E-state index contributed by atoms with van der Waals surface area (Å²) in [6, 6.07) is 14.6. The lowest BCUT2D eigenvalue weighted by molar-refractivity contribution is -0.137. The van der Waals surface area contributed by atoms with Gasteiger partial charge < -0.3 is 19.5 Å². The van der Waals surface area contributed by atoms with E-state index >= 15 is 0 Å². The highest BCUT2D eigenvalue weighted by molar-refractivity contribution is 6.32. The number of ketones is 1. The number of anilines is 2. The molecular weight excluding hydrogens is 747 g/mol. The van der Waals surface area contributed by atoms with Gasteiger partial charge in [0.05, 0.1) is 19.2 Å². The molecular formula is C42H45ClF3N5O5. The van der Waals surface area contributed by atoms with Crippen LogP contribution in [0, 0.1) is 11.8 Å². The van der Waals surface area contributed by atoms with E-state index < -0.39 is 29.6 Å². The Morgan fingerprint density at radius 2 is 1.66 bits per heavy atom. The fourth-order valence-electron chi connectivity index (χ4n) is 8.38. The zero-order valence-corrected chi connectivity index (χ0v) is 32.1. The number of halogens is 4. The van der Waals surface area contributed by atoms with Gasteiger partial charge in [-0.2, -0.15) is 13.2 Å². The minimum Gasteiger partial charge on any atom is -0.496 e. The number of ether oxygens (including phenoxy) is 1. The number of pyridine rings is 1. The molecule has 3 aliphatic rings. The van der Waals surface area contributed by atoms with Gasteiger partial charge in [0.25, 0.3) is 5.56 Å². The van der Waals surface area contributed by atoms with Crippen molar-refractivity contribution in [3.63, 3.8) is 0 Å². The second-order valence-electron chi connectivity index (χ2n) is 15.2. The average Bonchev–Trinajstić information content (AvgIpc) is 3.18. The number of carbonyl (C=O) groups is 3. The van der Waals surface area contributed by atoms with E-state index in [1.54, 1.807) is 23.6 Å². The summed E-state index contributed by atoms with van der Waals surface area (Å²) in [7, 11) is 3.37. The number of fused-ring (bicyclic) bond motifs is 1. The lowest BCUT2D eigenvalue weighted by Gasteiger charge is -2.36. The van der Waals surface area contributed by atoms with Crippen LogP contribution in [0.1, 0.15) is 49.7 Å². The van der Waals surface area contributed by atoms with E-state index in [0.29, 0.717) is 54.6 Å². The van der Waals surface area contributed by atoms with Gasteiger partial charge in [0.1, 0.15) is 17.6 Å². The summed E-state index contributed by atoms with van der Waals surface area (Å²) in [5, 5.41) is 7.12. The first-order chi connectivity index (χ1) is 26.8. The number of rotatable bonds is 10. The van der Waals surface area contributed by atoms with E-state index in [1.807, 2.05) is 42.6 Å². The number of nitrogens with zero attached hydrogens (tertiary/aromatic N) is 3. The fraction of sp³-hybridized carbons (Fsp3) is 0.429. The first-order valence-electron chi connectivity index (χ1n) is 19.1. The van der Waals surface area contributed by atoms with Crippen LogP contribution < -0.4 is 25.8 Å². The van der Waals surface area contributed by atoms with E-state index in [0.717, 1.165) is 60.5 Å². The number of piperidine rings is 3. The van der Waals surface area contributed by atoms with Crippen molar-refractivity contribution in [2.45, 2.75) is 57.2 Å². The summed E-state index contributed by atoms with van der Waals surface area (Å²) in [4.78, 5) is 53.7. The Kier molecular flexibility index (Phi) is 11.5. The molecule has 4 heterocycles. The Balaban J connectivity index is 0.929. The molecule has 14 heteroatoms. The number of alkyl halides is 3. The molecule has 3 aromatic carbocycles. The van der Waals surface area contributed by atoms with Crippen LogP contribution in [0.2, 0.25) is 5.02 Å². The van der Waals surface area contributed by atoms with Gasteiger partial charge in [-0.05, 0) is 105 Å². The molecule has 10 nitrogen and oxygen atoms in total. The van der Waals surface area contributed by atoms with Crippen molar-refractivity contribution in [1.82, 2.24) is 14.8 Å². The first kappa shape index (κ1) is 39.4. The zero-order valence-electron chi connectivity index (χ0n) is 31.4. The van der Waals surface area contributed by atoms with E-state index in [-0.39, 0.29) is 41.5 Å². The van der Waals surface area contributed by atoms with Gasteiger partial charge in [-0.25, -0.2) is 0 Å². The highest BCUT2D eigenvalue weighted by Crippen LogP contribution is 2.41. The molecule has 1 unspecified atom stereocenters. The number of methoxy groups -OCH3 is 1. The number of benzene rings is 3. The number of likely N-dealkylation sites (tertiary alicyclic amines) is 1. The van der Waals surface area contributed by atoms with Crippen LogP contribution in [-0.4, -0.2) is 72.9 Å². The number of hydrogen-bond acceptors (Lipinski definition) is 8. The minimum atomic E-state index is -4.63. The van der Waals surface area contributed by atoms with Crippen LogP contribution in [0.25, 0.3) is 21.9 Å². The van der Waals surface area contributed by atoms with Gasteiger partial charge in [0.15, 0.2) is 0 Å². The number of Topliss-reactive ketones (excluding diaryl/α,β-unsaturated/α-hetero) is 1. The van der Waals surface area contributed by atoms with E-state index in [2.05, 4.69) is 15.5 Å². The second kappa shape index (κ2) is 16.3. The molecule has 4 aromatic rings. The standard InChI is InChI=1S/C42H45ClF3N5O5/c1-49-23-32(29-5-3-4-6-30(29)41(49)55)27-20-34(43)31(38(21-27)56-2)19-25-11-15-50(16-12-25)24-37(52)26-13-17-51(18-14-26)36-9-7-28(22-33(36)42(44,45)46)47-35-8-10-39(53)48-40(35)54/h3-7,9,20-23,25-26,35,47H,8,10-19,24H2,1-2H3,(H,48,53,54). The molecule has 296 valence electrons. The average molecular weight is 792 g/mol. The van der Waals surface area contributed by atoms with Gasteiger partial charge in [-0.3, -0.25) is 29.4 Å². The molecule has 3 saturated heterocycles. The largest absolute Gasteiger partial charge is 0.496 e. The topological polar surface area (TPSA) is 113 Å². The summed E-state index contributed by atoms with van der Waals surface area (Å²) in [5.74, 6) is -0.0316. The smallest absolute Gasteiger partial charge is 0.418 e. The summed E-state index contributed by atoms with van der Waals surface area (Å²) >= 11 is 6.93. The maximum Gasteiger partial charge on any atom is 0.418 e. The second-order valence-corrected chi connectivity index (χ2v) is 15.6. The number of aryl methyl sites for hydroxylation is 1. The maximum absolute atomic E-state index is 14.3. The third-order valence-electron chi connectivity index (χ3n) is 11.5. The van der Waals surface area contributed by atoms with Crippen LogP contribution in [0.4, 0.5) is 24.5 Å². The van der Waals surface area contributed by atoms with Crippen molar-refractivity contribution in [1.29, 1.82) is 0 Å². The molecule has 0 spiro atoms. The Bertz CT molecular complexity index is 2210. The van der Waals surface area contributed by atoms with Crippen LogP contribution in [-0.2, 0) is 34.0 Å². The van der Waals surface area contributed by atoms with Crippen molar-refractivity contribution >= 4 is 51.3 Å². The molecule has 3 aliphatic heterocycles. The van der Waals surface area contributed by atoms with Crippen LogP contribution in [0.5, 0.6) is 5.75 Å². The SMILES string of the molecule is COc1cc(-c2cn(C)c(=O)c3ccccc23)cc(Cl)c1CC1CCN(CC(=O)C2CCN(c3ccc(NC4CCC(=O)NC4=O)cc3C(F)(F)F)CC2)CC1. The van der Waals surface area contributed by atoms with E-state index in [4.69, 9.17) is 16.3 Å². The molecule has 2 amide bonds. The molecule has 1 aromatic heterocycles. The number of carbonyl (C=O) groups excluding carboxylic acids is 3. The van der Waals surface area contributed by atoms with Crippen molar-refractivity contribution in [3.05, 3.63) is 87.3 Å². The van der Waals surface area contributed by atoms with Crippen molar-refractivity contribution in [2.24, 2.45) is 18.9 Å². The Morgan fingerprint density at radius 3 is 2.34 bits per heavy atom.